The number of nitrogens with zero attached hydrogens (tertiary/aromatic N) is 1. The molecule has 0 fully saturated rings. The van der Waals surface area contributed by atoms with Crippen molar-refractivity contribution in [3.8, 4) is 10.7 Å². The van der Waals surface area contributed by atoms with E-state index in [4.69, 9.17) is 0 Å². The number of aromatic amines is 1. The van der Waals surface area contributed by atoms with E-state index in [2.05, 4.69) is 9.97 Å². The van der Waals surface area contributed by atoms with Gasteiger partial charge in [-0.1, -0.05) is 6.07 Å². The molecule has 0 radical (unpaired) electrons. The fourth-order valence-corrected chi connectivity index (χ4v) is 3.25. The standard InChI is InChI=1S/C15H8F2N2S/c16-9-3-4-11-12(6-9)19-15(18-11)14-5-8-1-2-10(17)7-13(8)20-14/h1-7H,(H,18,19). The molecule has 0 unspecified atom stereocenters. The summed E-state index contributed by atoms with van der Waals surface area (Å²) in [4.78, 5) is 8.43. The van der Waals surface area contributed by atoms with E-state index in [-0.39, 0.29) is 11.6 Å². The molecule has 0 aliphatic rings. The summed E-state index contributed by atoms with van der Waals surface area (Å²) < 4.78 is 27.2. The molecule has 2 aromatic carbocycles. The number of imidazole rings is 1. The van der Waals surface area contributed by atoms with Gasteiger partial charge in [-0.2, -0.15) is 0 Å². The van der Waals surface area contributed by atoms with Crippen molar-refractivity contribution in [2.45, 2.75) is 0 Å². The van der Waals surface area contributed by atoms with Crippen LogP contribution in [0.4, 0.5) is 8.78 Å². The Morgan fingerprint density at radius 3 is 2.65 bits per heavy atom. The Morgan fingerprint density at radius 2 is 1.75 bits per heavy atom. The maximum absolute atomic E-state index is 13.2. The van der Waals surface area contributed by atoms with Crippen molar-refractivity contribution in [3.63, 3.8) is 0 Å². The molecule has 20 heavy (non-hydrogen) atoms. The number of thiophene rings is 1. The third-order valence-electron chi connectivity index (χ3n) is 3.16. The normalized spacial score (nSPS) is 11.5. The van der Waals surface area contributed by atoms with Gasteiger partial charge in [0.05, 0.1) is 15.9 Å². The summed E-state index contributed by atoms with van der Waals surface area (Å²) in [5.41, 5.74) is 1.37. The van der Waals surface area contributed by atoms with Crippen molar-refractivity contribution >= 4 is 32.5 Å². The first-order chi connectivity index (χ1) is 9.69. The minimum Gasteiger partial charge on any atom is -0.337 e. The molecule has 0 saturated carbocycles. The summed E-state index contributed by atoms with van der Waals surface area (Å²) in [5, 5.41) is 0.970. The van der Waals surface area contributed by atoms with E-state index in [1.165, 1.54) is 35.6 Å². The molecule has 0 aliphatic heterocycles. The molecular weight excluding hydrogens is 278 g/mol. The minimum atomic E-state index is -0.300. The lowest BCUT2D eigenvalue weighted by molar-refractivity contribution is 0.629. The molecule has 0 atom stereocenters. The topological polar surface area (TPSA) is 28.7 Å². The van der Waals surface area contributed by atoms with Gasteiger partial charge < -0.3 is 4.98 Å². The molecule has 4 aromatic rings. The average molecular weight is 286 g/mol. The lowest BCUT2D eigenvalue weighted by atomic mass is 10.2. The number of fused-ring (bicyclic) bond motifs is 2. The average Bonchev–Trinajstić information content (AvgIpc) is 3.00. The maximum atomic E-state index is 13.2. The summed E-state index contributed by atoms with van der Waals surface area (Å²) >= 11 is 1.46. The van der Waals surface area contributed by atoms with Crippen LogP contribution in [0.15, 0.2) is 42.5 Å². The highest BCUT2D eigenvalue weighted by molar-refractivity contribution is 7.22. The van der Waals surface area contributed by atoms with Gasteiger partial charge in [-0.05, 0) is 41.8 Å². The summed E-state index contributed by atoms with van der Waals surface area (Å²) in [5.74, 6) is 0.121. The van der Waals surface area contributed by atoms with Crippen molar-refractivity contribution in [1.82, 2.24) is 9.97 Å². The minimum absolute atomic E-state index is 0.252. The second-order valence-corrected chi connectivity index (χ2v) is 5.62. The zero-order valence-corrected chi connectivity index (χ0v) is 11.0. The maximum Gasteiger partial charge on any atom is 0.148 e. The zero-order valence-electron chi connectivity index (χ0n) is 10.2. The lowest BCUT2D eigenvalue weighted by Crippen LogP contribution is -1.73. The first-order valence-corrected chi connectivity index (χ1v) is 6.85. The molecule has 2 aromatic heterocycles. The largest absolute Gasteiger partial charge is 0.337 e. The van der Waals surface area contributed by atoms with Gasteiger partial charge in [0.15, 0.2) is 0 Å². The highest BCUT2D eigenvalue weighted by Crippen LogP contribution is 2.33. The van der Waals surface area contributed by atoms with Crippen LogP contribution in [0.1, 0.15) is 0 Å². The van der Waals surface area contributed by atoms with Gasteiger partial charge in [0, 0.05) is 4.70 Å². The summed E-state index contributed by atoms with van der Waals surface area (Å²) in [6.07, 6.45) is 0. The highest BCUT2D eigenvalue weighted by atomic mass is 32.1. The van der Waals surface area contributed by atoms with Crippen LogP contribution in [0, 0.1) is 11.6 Å². The smallest absolute Gasteiger partial charge is 0.148 e. The van der Waals surface area contributed by atoms with Crippen LogP contribution >= 0.6 is 11.3 Å². The van der Waals surface area contributed by atoms with Gasteiger partial charge in [-0.3, -0.25) is 0 Å². The highest BCUT2D eigenvalue weighted by Gasteiger charge is 2.10. The molecule has 5 heteroatoms. The number of rotatable bonds is 1. The Morgan fingerprint density at radius 1 is 0.950 bits per heavy atom. The fourth-order valence-electron chi connectivity index (χ4n) is 2.22. The Kier molecular flexibility index (Phi) is 2.37. The molecule has 1 N–H and O–H groups in total. The predicted octanol–water partition coefficient (Wildman–Crippen LogP) is 4.72. The third kappa shape index (κ3) is 1.78. The number of hydrogen-bond acceptors (Lipinski definition) is 2. The predicted molar refractivity (Wildman–Crippen MR) is 76.8 cm³/mol. The second kappa shape index (κ2) is 4.11. The van der Waals surface area contributed by atoms with Gasteiger partial charge >= 0.3 is 0 Å². The van der Waals surface area contributed by atoms with E-state index in [0.29, 0.717) is 16.9 Å². The number of aromatic nitrogens is 2. The Labute approximate surface area is 116 Å². The van der Waals surface area contributed by atoms with Gasteiger partial charge in [0.25, 0.3) is 0 Å². The first-order valence-electron chi connectivity index (χ1n) is 6.04. The number of hydrogen-bond donors (Lipinski definition) is 1. The Hall–Kier alpha value is -2.27. The molecule has 2 nitrogen and oxygen atoms in total. The van der Waals surface area contributed by atoms with E-state index < -0.39 is 0 Å². The molecule has 2 heterocycles. The van der Waals surface area contributed by atoms with E-state index >= 15 is 0 Å². The molecule has 0 amide bonds. The van der Waals surface area contributed by atoms with Crippen molar-refractivity contribution < 1.29 is 8.78 Å². The van der Waals surface area contributed by atoms with Gasteiger partial charge in [0.2, 0.25) is 0 Å². The zero-order chi connectivity index (χ0) is 13.7. The Balaban J connectivity index is 1.91. The van der Waals surface area contributed by atoms with Crippen LogP contribution < -0.4 is 0 Å². The van der Waals surface area contributed by atoms with Crippen molar-refractivity contribution in [1.29, 1.82) is 0 Å². The van der Waals surface area contributed by atoms with E-state index in [9.17, 15) is 8.78 Å². The molecule has 4 rings (SSSR count). The van der Waals surface area contributed by atoms with Gasteiger partial charge in [-0.25, -0.2) is 13.8 Å². The molecule has 0 saturated heterocycles. The van der Waals surface area contributed by atoms with Crippen LogP contribution in [-0.2, 0) is 0 Å². The summed E-state index contributed by atoms with van der Waals surface area (Å²) in [6, 6.07) is 11.1. The second-order valence-electron chi connectivity index (χ2n) is 4.54. The van der Waals surface area contributed by atoms with Crippen molar-refractivity contribution in [3.05, 3.63) is 54.1 Å². The van der Waals surface area contributed by atoms with Gasteiger partial charge in [-0.15, -0.1) is 11.3 Å². The summed E-state index contributed by atoms with van der Waals surface area (Å²) in [6.45, 7) is 0. The van der Waals surface area contributed by atoms with Crippen LogP contribution in [0.5, 0.6) is 0 Å². The third-order valence-corrected chi connectivity index (χ3v) is 4.26. The van der Waals surface area contributed by atoms with Crippen LogP contribution in [0.2, 0.25) is 0 Å². The Bertz CT molecular complexity index is 862. The number of halogens is 2. The van der Waals surface area contributed by atoms with E-state index in [1.807, 2.05) is 6.07 Å². The number of nitrogens with one attached hydrogen (secondary N) is 1. The number of H-pyrrole nitrogens is 1. The first kappa shape index (κ1) is 11.5. The molecule has 98 valence electrons. The van der Waals surface area contributed by atoms with Crippen molar-refractivity contribution in [2.75, 3.05) is 0 Å². The van der Waals surface area contributed by atoms with Crippen molar-refractivity contribution in [2.24, 2.45) is 0 Å². The number of benzene rings is 2. The molecular formula is C15H8F2N2S. The quantitative estimate of drug-likeness (QED) is 0.538. The van der Waals surface area contributed by atoms with Crippen LogP contribution in [-0.4, -0.2) is 9.97 Å². The molecule has 0 bridgehead atoms. The van der Waals surface area contributed by atoms with Crippen LogP contribution in [0.3, 0.4) is 0 Å². The van der Waals surface area contributed by atoms with Crippen LogP contribution in [0.25, 0.3) is 31.8 Å². The SMILES string of the molecule is Fc1ccc2nc(-c3cc4ccc(F)cc4s3)[nH]c2c1. The summed E-state index contributed by atoms with van der Waals surface area (Å²) in [7, 11) is 0. The van der Waals surface area contributed by atoms with E-state index in [1.54, 1.807) is 12.1 Å². The fraction of sp³-hybridized carbons (Fsp3) is 0. The molecule has 0 spiro atoms. The lowest BCUT2D eigenvalue weighted by Gasteiger charge is -1.87. The van der Waals surface area contributed by atoms with Gasteiger partial charge in [0.1, 0.15) is 17.5 Å². The van der Waals surface area contributed by atoms with E-state index in [0.717, 1.165) is 15.0 Å². The monoisotopic (exact) mass is 286 g/mol. The molecule has 0 aliphatic carbocycles.